The number of alkyl halides is 2. The normalized spacial score (nSPS) is 14.7. The van der Waals surface area contributed by atoms with Crippen LogP contribution in [-0.2, 0) is 4.79 Å². The minimum absolute atomic E-state index is 0.130. The number of aryl methyl sites for hydroxylation is 1. The Morgan fingerprint density at radius 3 is 2.40 bits per heavy atom. The van der Waals surface area contributed by atoms with E-state index in [9.17, 15) is 13.6 Å². The molecule has 0 aliphatic rings. The topological polar surface area (TPSA) is 63.3 Å². The minimum atomic E-state index is -3.02. The number of rotatable bonds is 5. The van der Waals surface area contributed by atoms with E-state index >= 15 is 0 Å². The van der Waals surface area contributed by atoms with Gasteiger partial charge in [0.1, 0.15) is 6.04 Å². The monoisotopic (exact) mass is 283 g/mol. The van der Waals surface area contributed by atoms with E-state index in [1.807, 2.05) is 0 Å². The molecule has 3 nitrogen and oxygen atoms in total. The molecule has 0 aromatic heterocycles. The average Bonchev–Trinajstić information content (AvgIpc) is 2.34. The number of nitrogens with two attached hydrogens (primary N) is 1. The summed E-state index contributed by atoms with van der Waals surface area (Å²) in [6, 6.07) is 5.82. The Kier molecular flexibility index (Phi) is 5.00. The zero-order valence-corrected chi connectivity index (χ0v) is 11.8. The van der Waals surface area contributed by atoms with Crippen molar-refractivity contribution in [2.45, 2.75) is 39.2 Å². The molecule has 0 aliphatic carbocycles. The molecular weight excluding hydrogens is 264 g/mol. The summed E-state index contributed by atoms with van der Waals surface area (Å²) >= 11 is 0. The Bertz CT molecular complexity index is 533. The lowest BCUT2D eigenvalue weighted by molar-refractivity contribution is -0.138. The van der Waals surface area contributed by atoms with Crippen molar-refractivity contribution in [1.29, 1.82) is 0 Å². The van der Waals surface area contributed by atoms with Crippen molar-refractivity contribution < 1.29 is 18.7 Å². The third-order valence-corrected chi connectivity index (χ3v) is 3.32. The van der Waals surface area contributed by atoms with Gasteiger partial charge in [0.15, 0.2) is 0 Å². The number of carbonyl (C=O) groups is 1. The molecule has 0 saturated carbocycles. The van der Waals surface area contributed by atoms with Gasteiger partial charge in [-0.25, -0.2) is 8.78 Å². The van der Waals surface area contributed by atoms with Crippen LogP contribution in [0.25, 0.3) is 5.57 Å². The van der Waals surface area contributed by atoms with Gasteiger partial charge in [0.25, 0.3) is 5.92 Å². The molecule has 5 heteroatoms. The lowest BCUT2D eigenvalue weighted by atomic mass is 9.89. The van der Waals surface area contributed by atoms with Gasteiger partial charge in [-0.05, 0) is 42.5 Å². The Labute approximate surface area is 117 Å². The van der Waals surface area contributed by atoms with E-state index in [2.05, 4.69) is 0 Å². The fraction of sp³-hybridized carbons (Fsp3) is 0.400. The van der Waals surface area contributed by atoms with Gasteiger partial charge in [0, 0.05) is 6.92 Å². The maximum atomic E-state index is 13.6. The van der Waals surface area contributed by atoms with Crippen LogP contribution in [0, 0.1) is 6.92 Å². The molecule has 1 rings (SSSR count). The molecule has 1 atom stereocenters. The summed E-state index contributed by atoms with van der Waals surface area (Å²) in [5.74, 6) is -4.22. The van der Waals surface area contributed by atoms with Gasteiger partial charge in [-0.1, -0.05) is 24.3 Å². The lowest BCUT2D eigenvalue weighted by Crippen LogP contribution is -2.31. The van der Waals surface area contributed by atoms with E-state index in [1.54, 1.807) is 31.2 Å². The van der Waals surface area contributed by atoms with Gasteiger partial charge in [0.2, 0.25) is 0 Å². The van der Waals surface area contributed by atoms with Crippen molar-refractivity contribution in [3.63, 3.8) is 0 Å². The van der Waals surface area contributed by atoms with Crippen molar-refractivity contribution in [3.05, 3.63) is 41.0 Å². The molecule has 0 spiro atoms. The van der Waals surface area contributed by atoms with Gasteiger partial charge in [-0.15, -0.1) is 0 Å². The second kappa shape index (κ2) is 6.13. The van der Waals surface area contributed by atoms with Gasteiger partial charge in [-0.2, -0.15) is 0 Å². The summed E-state index contributed by atoms with van der Waals surface area (Å²) in [4.78, 5) is 10.9. The van der Waals surface area contributed by atoms with Crippen molar-refractivity contribution in [2.24, 2.45) is 5.73 Å². The predicted octanol–water partition coefficient (Wildman–Crippen LogP) is 3.23. The number of aliphatic carboxylic acids is 1. The van der Waals surface area contributed by atoms with Gasteiger partial charge < -0.3 is 10.8 Å². The molecule has 0 heterocycles. The number of hydrogen-bond donors (Lipinski definition) is 2. The summed E-state index contributed by atoms with van der Waals surface area (Å²) in [5, 5.41) is 8.90. The molecule has 3 N–H and O–H groups in total. The highest BCUT2D eigenvalue weighted by Crippen LogP contribution is 2.34. The standard InChI is InChI=1S/C15H19F2NO2/c1-9-6-4-5-7-11(9)12(8-13(18)14(19)20)10(2)15(3,16)17/h4-7,13H,8,18H2,1-3H3,(H,19,20)/b12-10+. The number of hydrogen-bond acceptors (Lipinski definition) is 2. The van der Waals surface area contributed by atoms with E-state index in [-0.39, 0.29) is 12.0 Å². The van der Waals surface area contributed by atoms with E-state index in [0.717, 1.165) is 12.5 Å². The van der Waals surface area contributed by atoms with Crippen molar-refractivity contribution in [3.8, 4) is 0 Å². The van der Waals surface area contributed by atoms with Gasteiger partial charge in [0.05, 0.1) is 0 Å². The Hall–Kier alpha value is -1.75. The van der Waals surface area contributed by atoms with Gasteiger partial charge >= 0.3 is 5.97 Å². The number of carboxylic acid groups (broad SMARTS) is 1. The molecule has 0 saturated heterocycles. The van der Waals surface area contributed by atoms with Crippen LogP contribution in [0.2, 0.25) is 0 Å². The Morgan fingerprint density at radius 1 is 1.40 bits per heavy atom. The molecule has 0 bridgehead atoms. The molecule has 110 valence electrons. The number of carboxylic acids is 1. The zero-order valence-electron chi connectivity index (χ0n) is 11.8. The minimum Gasteiger partial charge on any atom is -0.480 e. The van der Waals surface area contributed by atoms with Crippen molar-refractivity contribution in [2.75, 3.05) is 0 Å². The van der Waals surface area contributed by atoms with E-state index in [4.69, 9.17) is 10.8 Å². The van der Waals surface area contributed by atoms with E-state index in [1.165, 1.54) is 6.92 Å². The van der Waals surface area contributed by atoms with E-state index < -0.39 is 17.9 Å². The maximum absolute atomic E-state index is 13.6. The number of benzene rings is 1. The van der Waals surface area contributed by atoms with Crippen molar-refractivity contribution in [1.82, 2.24) is 0 Å². The zero-order chi connectivity index (χ0) is 15.5. The fourth-order valence-corrected chi connectivity index (χ4v) is 1.95. The summed E-state index contributed by atoms with van der Waals surface area (Å²) in [5.41, 5.74) is 7.08. The largest absolute Gasteiger partial charge is 0.480 e. The molecule has 1 aromatic rings. The summed E-state index contributed by atoms with van der Waals surface area (Å²) in [6.45, 7) is 3.91. The Balaban J connectivity index is 3.37. The summed E-state index contributed by atoms with van der Waals surface area (Å²) in [6.07, 6.45) is -0.130. The third-order valence-electron chi connectivity index (χ3n) is 3.32. The summed E-state index contributed by atoms with van der Waals surface area (Å²) < 4.78 is 27.2. The first-order chi connectivity index (χ1) is 9.14. The first kappa shape index (κ1) is 16.3. The molecule has 0 aliphatic heterocycles. The SMILES string of the molecule is C/C(=C(/CC(N)C(=O)O)c1ccccc1C)C(C)(F)F. The van der Waals surface area contributed by atoms with Crippen LogP contribution in [0.15, 0.2) is 29.8 Å². The second-order valence-corrected chi connectivity index (χ2v) is 4.96. The number of halogens is 2. The predicted molar refractivity (Wildman–Crippen MR) is 74.6 cm³/mol. The van der Waals surface area contributed by atoms with Gasteiger partial charge in [-0.3, -0.25) is 4.79 Å². The molecule has 0 amide bonds. The smallest absolute Gasteiger partial charge is 0.320 e. The van der Waals surface area contributed by atoms with Crippen LogP contribution < -0.4 is 5.73 Å². The summed E-state index contributed by atoms with van der Waals surface area (Å²) in [7, 11) is 0. The molecule has 0 radical (unpaired) electrons. The highest BCUT2D eigenvalue weighted by Gasteiger charge is 2.29. The first-order valence-corrected chi connectivity index (χ1v) is 6.27. The van der Waals surface area contributed by atoms with Crippen LogP contribution in [-0.4, -0.2) is 23.0 Å². The lowest BCUT2D eigenvalue weighted by Gasteiger charge is -2.20. The molecule has 1 aromatic carbocycles. The average molecular weight is 283 g/mol. The number of allylic oxidation sites excluding steroid dienone is 1. The molecule has 1 unspecified atom stereocenters. The van der Waals surface area contributed by atoms with Crippen molar-refractivity contribution >= 4 is 11.5 Å². The van der Waals surface area contributed by atoms with E-state index in [0.29, 0.717) is 11.1 Å². The van der Waals surface area contributed by atoms with Crippen LogP contribution >= 0.6 is 0 Å². The molecular formula is C15H19F2NO2. The highest BCUT2D eigenvalue weighted by atomic mass is 19.3. The molecule has 0 fully saturated rings. The Morgan fingerprint density at radius 2 is 1.95 bits per heavy atom. The maximum Gasteiger partial charge on any atom is 0.320 e. The third kappa shape index (κ3) is 3.87. The molecule has 20 heavy (non-hydrogen) atoms. The highest BCUT2D eigenvalue weighted by molar-refractivity contribution is 5.80. The van der Waals surface area contributed by atoms with Crippen LogP contribution in [0.5, 0.6) is 0 Å². The first-order valence-electron chi connectivity index (χ1n) is 6.27. The second-order valence-electron chi connectivity index (χ2n) is 4.96. The van der Waals surface area contributed by atoms with Crippen LogP contribution in [0.1, 0.15) is 31.4 Å². The fourth-order valence-electron chi connectivity index (χ4n) is 1.95. The van der Waals surface area contributed by atoms with Crippen LogP contribution in [0.4, 0.5) is 8.78 Å². The van der Waals surface area contributed by atoms with Crippen LogP contribution in [0.3, 0.4) is 0 Å². The quantitative estimate of drug-likeness (QED) is 0.872.